The second-order valence-corrected chi connectivity index (χ2v) is 5.60. The summed E-state index contributed by atoms with van der Waals surface area (Å²) in [6, 6.07) is 6.44. The van der Waals surface area contributed by atoms with Gasteiger partial charge in [0, 0.05) is 6.54 Å². The molecule has 1 aromatic rings. The van der Waals surface area contributed by atoms with E-state index in [1.807, 2.05) is 0 Å². The van der Waals surface area contributed by atoms with Gasteiger partial charge in [-0.1, -0.05) is 6.07 Å². The zero-order valence-electron chi connectivity index (χ0n) is 11.2. The van der Waals surface area contributed by atoms with Crippen LogP contribution in [0.1, 0.15) is 19.4 Å². The molecule has 1 aliphatic rings. The summed E-state index contributed by atoms with van der Waals surface area (Å²) in [5.41, 5.74) is 2.37. The highest BCUT2D eigenvalue weighted by molar-refractivity contribution is 5.60. The van der Waals surface area contributed by atoms with Gasteiger partial charge in [-0.3, -0.25) is 0 Å². The maximum atomic E-state index is 5.93. The van der Waals surface area contributed by atoms with Gasteiger partial charge in [-0.15, -0.1) is 0 Å². The first kappa shape index (κ1) is 12.2. The number of hydrogen-bond acceptors (Lipinski definition) is 3. The number of ether oxygens (including phenoxy) is 1. The van der Waals surface area contributed by atoms with Crippen molar-refractivity contribution >= 4 is 5.69 Å². The molecule has 2 rings (SSSR count). The minimum absolute atomic E-state index is 0.113. The van der Waals surface area contributed by atoms with E-state index in [4.69, 9.17) is 4.74 Å². The molecule has 3 heteroatoms. The SMILES string of the molecule is CN(C)CCc1ccc2c(c1)NCC(C)(C)O2. The van der Waals surface area contributed by atoms with Gasteiger partial charge in [0.1, 0.15) is 11.4 Å². The van der Waals surface area contributed by atoms with Gasteiger partial charge in [0.2, 0.25) is 0 Å². The summed E-state index contributed by atoms with van der Waals surface area (Å²) in [6.45, 7) is 6.13. The third-order valence-corrected chi connectivity index (χ3v) is 2.98. The topological polar surface area (TPSA) is 24.5 Å². The number of anilines is 1. The molecule has 0 saturated carbocycles. The Morgan fingerprint density at radius 2 is 2.12 bits per heavy atom. The smallest absolute Gasteiger partial charge is 0.143 e. The maximum Gasteiger partial charge on any atom is 0.143 e. The Morgan fingerprint density at radius 1 is 1.35 bits per heavy atom. The van der Waals surface area contributed by atoms with Crippen LogP contribution in [0.15, 0.2) is 18.2 Å². The maximum absolute atomic E-state index is 5.93. The Hall–Kier alpha value is -1.22. The predicted molar refractivity (Wildman–Crippen MR) is 71.9 cm³/mol. The van der Waals surface area contributed by atoms with Gasteiger partial charge >= 0.3 is 0 Å². The predicted octanol–water partition coefficient (Wildman–Crippen LogP) is 2.37. The van der Waals surface area contributed by atoms with Crippen LogP contribution in [0.25, 0.3) is 0 Å². The Bertz CT molecular complexity index is 399. The number of rotatable bonds is 3. The molecule has 3 nitrogen and oxygen atoms in total. The third-order valence-electron chi connectivity index (χ3n) is 2.98. The summed E-state index contributed by atoms with van der Waals surface area (Å²) < 4.78 is 5.93. The summed E-state index contributed by atoms with van der Waals surface area (Å²) in [4.78, 5) is 2.20. The second-order valence-electron chi connectivity index (χ2n) is 5.60. The molecule has 0 aromatic heterocycles. The van der Waals surface area contributed by atoms with Crippen molar-refractivity contribution in [3.8, 4) is 5.75 Å². The highest BCUT2D eigenvalue weighted by Crippen LogP contribution is 2.33. The standard InChI is InChI=1S/C14H22N2O/c1-14(2)10-15-12-9-11(7-8-16(3)4)5-6-13(12)17-14/h5-6,9,15H,7-8,10H2,1-4H3. The number of nitrogens with one attached hydrogen (secondary N) is 1. The minimum atomic E-state index is -0.113. The van der Waals surface area contributed by atoms with Gasteiger partial charge in [0.15, 0.2) is 0 Å². The van der Waals surface area contributed by atoms with Gasteiger partial charge in [-0.05, 0) is 52.1 Å². The first-order chi connectivity index (χ1) is 7.96. The van der Waals surface area contributed by atoms with E-state index in [1.165, 1.54) is 5.56 Å². The van der Waals surface area contributed by atoms with Crippen LogP contribution in [-0.4, -0.2) is 37.7 Å². The molecule has 0 atom stereocenters. The third kappa shape index (κ3) is 3.13. The summed E-state index contributed by atoms with van der Waals surface area (Å²) in [5, 5.41) is 3.44. The van der Waals surface area contributed by atoms with Crippen LogP contribution >= 0.6 is 0 Å². The van der Waals surface area contributed by atoms with Crippen LogP contribution in [0.2, 0.25) is 0 Å². The van der Waals surface area contributed by atoms with E-state index in [9.17, 15) is 0 Å². The zero-order valence-corrected chi connectivity index (χ0v) is 11.2. The van der Waals surface area contributed by atoms with Gasteiger partial charge in [-0.25, -0.2) is 0 Å². The molecule has 94 valence electrons. The lowest BCUT2D eigenvalue weighted by atomic mass is 10.0. The van der Waals surface area contributed by atoms with Gasteiger partial charge in [0.05, 0.1) is 12.2 Å². The van der Waals surface area contributed by atoms with Crippen LogP contribution in [0.5, 0.6) is 5.75 Å². The van der Waals surface area contributed by atoms with E-state index in [-0.39, 0.29) is 5.60 Å². The van der Waals surface area contributed by atoms with E-state index < -0.39 is 0 Å². The van der Waals surface area contributed by atoms with E-state index in [2.05, 4.69) is 56.4 Å². The number of benzene rings is 1. The number of hydrogen-bond donors (Lipinski definition) is 1. The molecule has 0 aliphatic carbocycles. The Morgan fingerprint density at radius 3 is 2.82 bits per heavy atom. The van der Waals surface area contributed by atoms with Crippen LogP contribution < -0.4 is 10.1 Å². The molecular formula is C14H22N2O. The normalized spacial score (nSPS) is 17.2. The van der Waals surface area contributed by atoms with Crippen LogP contribution in [0.3, 0.4) is 0 Å². The fourth-order valence-electron chi connectivity index (χ4n) is 1.95. The van der Waals surface area contributed by atoms with E-state index in [0.717, 1.165) is 30.9 Å². The summed E-state index contributed by atoms with van der Waals surface area (Å²) in [7, 11) is 4.20. The fraction of sp³-hybridized carbons (Fsp3) is 0.571. The van der Waals surface area contributed by atoms with Crippen LogP contribution in [0.4, 0.5) is 5.69 Å². The van der Waals surface area contributed by atoms with E-state index in [1.54, 1.807) is 0 Å². The van der Waals surface area contributed by atoms with E-state index in [0.29, 0.717) is 0 Å². The lowest BCUT2D eigenvalue weighted by Crippen LogP contribution is -2.40. The van der Waals surface area contributed by atoms with Crippen molar-refractivity contribution in [2.75, 3.05) is 32.5 Å². The van der Waals surface area contributed by atoms with Gasteiger partial charge in [0.25, 0.3) is 0 Å². The molecule has 1 aromatic carbocycles. The molecule has 0 unspecified atom stereocenters. The average Bonchev–Trinajstić information content (AvgIpc) is 2.25. The lowest BCUT2D eigenvalue weighted by Gasteiger charge is -2.33. The van der Waals surface area contributed by atoms with Crippen molar-refractivity contribution < 1.29 is 4.74 Å². The van der Waals surface area contributed by atoms with Gasteiger partial charge in [-0.2, -0.15) is 0 Å². The second kappa shape index (κ2) is 4.57. The van der Waals surface area contributed by atoms with Crippen LogP contribution in [-0.2, 0) is 6.42 Å². The highest BCUT2D eigenvalue weighted by Gasteiger charge is 2.25. The summed E-state index contributed by atoms with van der Waals surface area (Å²) in [5.74, 6) is 0.967. The molecule has 0 spiro atoms. The molecule has 17 heavy (non-hydrogen) atoms. The van der Waals surface area contributed by atoms with Crippen molar-refractivity contribution in [3.05, 3.63) is 23.8 Å². The highest BCUT2D eigenvalue weighted by atomic mass is 16.5. The van der Waals surface area contributed by atoms with Gasteiger partial charge < -0.3 is 15.0 Å². The van der Waals surface area contributed by atoms with Crippen molar-refractivity contribution in [1.82, 2.24) is 4.90 Å². The largest absolute Gasteiger partial charge is 0.484 e. The zero-order chi connectivity index (χ0) is 12.5. The molecular weight excluding hydrogens is 212 g/mol. The molecule has 0 bridgehead atoms. The minimum Gasteiger partial charge on any atom is -0.484 e. The first-order valence-corrected chi connectivity index (χ1v) is 6.17. The molecule has 1 heterocycles. The molecule has 1 N–H and O–H groups in total. The average molecular weight is 234 g/mol. The van der Waals surface area contributed by atoms with Crippen molar-refractivity contribution in [1.29, 1.82) is 0 Å². The molecule has 0 amide bonds. The molecule has 0 saturated heterocycles. The fourth-order valence-corrected chi connectivity index (χ4v) is 1.95. The first-order valence-electron chi connectivity index (χ1n) is 6.17. The Kier molecular flexibility index (Phi) is 3.29. The van der Waals surface area contributed by atoms with Crippen LogP contribution in [0, 0.1) is 0 Å². The monoisotopic (exact) mass is 234 g/mol. The lowest BCUT2D eigenvalue weighted by molar-refractivity contribution is 0.116. The van der Waals surface area contributed by atoms with E-state index >= 15 is 0 Å². The number of nitrogens with zero attached hydrogens (tertiary/aromatic N) is 1. The number of fused-ring (bicyclic) bond motifs is 1. The molecule has 1 aliphatic heterocycles. The summed E-state index contributed by atoms with van der Waals surface area (Å²) >= 11 is 0. The Labute approximate surface area is 104 Å². The van der Waals surface area contributed by atoms with Crippen molar-refractivity contribution in [2.24, 2.45) is 0 Å². The summed E-state index contributed by atoms with van der Waals surface area (Å²) in [6.07, 6.45) is 1.07. The van der Waals surface area contributed by atoms with Crippen molar-refractivity contribution in [3.63, 3.8) is 0 Å². The number of likely N-dealkylation sites (N-methyl/N-ethyl adjacent to an activating group) is 1. The van der Waals surface area contributed by atoms with Crippen molar-refractivity contribution in [2.45, 2.75) is 25.9 Å². The quantitative estimate of drug-likeness (QED) is 0.869. The Balaban J connectivity index is 2.10. The molecule has 0 radical (unpaired) electrons. The molecule has 0 fully saturated rings.